The van der Waals surface area contributed by atoms with E-state index in [4.69, 9.17) is 9.98 Å². The van der Waals surface area contributed by atoms with Crippen LogP contribution in [-0.2, 0) is 13.7 Å². The SMILES string of the molecule is CC(=Nc1c(C)cccc1C)C(C)=Nc1c(C)cccc1C.[CH3-].[Ni][Br]. The third-order valence-corrected chi connectivity index (χ3v) is 3.96. The van der Waals surface area contributed by atoms with Crippen LogP contribution < -0.4 is 0 Å². The molecule has 0 radical (unpaired) electrons. The Bertz CT molecular complexity index is 658. The molecule has 0 amide bonds. The molecule has 0 aliphatic rings. The van der Waals surface area contributed by atoms with E-state index in [9.17, 15) is 0 Å². The molecule has 0 bridgehead atoms. The summed E-state index contributed by atoms with van der Waals surface area (Å²) in [6.45, 7) is 12.4. The van der Waals surface area contributed by atoms with Gasteiger partial charge in [0.25, 0.3) is 0 Å². The number of rotatable bonds is 3. The average molecular weight is 446 g/mol. The monoisotopic (exact) mass is 444 g/mol. The van der Waals surface area contributed by atoms with Gasteiger partial charge >= 0.3 is 27.9 Å². The molecule has 0 saturated heterocycles. The maximum absolute atomic E-state index is 4.80. The first-order valence-corrected chi connectivity index (χ1v) is 10.2. The summed E-state index contributed by atoms with van der Waals surface area (Å²) >= 11 is 6.25. The summed E-state index contributed by atoms with van der Waals surface area (Å²) in [7, 11) is 0. The molecule has 2 rings (SSSR count). The number of hydrogen-bond donors (Lipinski definition) is 0. The Kier molecular flexibility index (Phi) is 10.8. The van der Waals surface area contributed by atoms with Gasteiger partial charge in [-0.3, -0.25) is 9.98 Å². The van der Waals surface area contributed by atoms with Crippen LogP contribution in [0, 0.1) is 35.1 Å². The Balaban J connectivity index is 0.00000185. The first kappa shape index (κ1) is 23.8. The summed E-state index contributed by atoms with van der Waals surface area (Å²) in [6, 6.07) is 12.5. The summed E-state index contributed by atoms with van der Waals surface area (Å²) in [5.74, 6) is 0. The second-order valence-electron chi connectivity index (χ2n) is 5.88. The Morgan fingerprint density at radius 3 is 1.16 bits per heavy atom. The standard InChI is InChI=1S/C20H24N2.CH3.BrH.Ni/c1-13-9-7-10-14(2)19(13)21-17(5)18(6)22-20-15(3)11-8-12-16(20)4;;;/h7-12H,1-6H3;1H3;1H;/q;-1;;+1/p-1. The first-order chi connectivity index (χ1) is 11.4. The van der Waals surface area contributed by atoms with Crippen molar-refractivity contribution < 1.29 is 13.7 Å². The predicted octanol–water partition coefficient (Wildman–Crippen LogP) is 7.10. The predicted molar refractivity (Wildman–Crippen MR) is 113 cm³/mol. The molecule has 25 heavy (non-hydrogen) atoms. The topological polar surface area (TPSA) is 24.7 Å². The van der Waals surface area contributed by atoms with Crippen molar-refractivity contribution in [2.45, 2.75) is 41.5 Å². The fraction of sp³-hybridized carbons (Fsp3) is 0.286. The molecule has 0 aliphatic heterocycles. The van der Waals surface area contributed by atoms with Gasteiger partial charge in [-0.25, -0.2) is 0 Å². The van der Waals surface area contributed by atoms with Crippen molar-refractivity contribution in [3.63, 3.8) is 0 Å². The van der Waals surface area contributed by atoms with Crippen LogP contribution >= 0.6 is 14.2 Å². The van der Waals surface area contributed by atoms with Gasteiger partial charge in [-0.2, -0.15) is 0 Å². The molecule has 139 valence electrons. The van der Waals surface area contributed by atoms with E-state index in [2.05, 4.69) is 92.0 Å². The van der Waals surface area contributed by atoms with Gasteiger partial charge in [-0.05, 0) is 63.8 Å². The van der Waals surface area contributed by atoms with E-state index in [1.54, 1.807) is 0 Å². The number of benzene rings is 2. The molecule has 0 N–H and O–H groups in total. The van der Waals surface area contributed by atoms with Gasteiger partial charge in [0.2, 0.25) is 0 Å². The average Bonchev–Trinajstić information content (AvgIpc) is 2.56. The van der Waals surface area contributed by atoms with Gasteiger partial charge in [0, 0.05) is 0 Å². The van der Waals surface area contributed by atoms with Crippen molar-refractivity contribution in [1.29, 1.82) is 0 Å². The Labute approximate surface area is 168 Å². The molecule has 2 nitrogen and oxygen atoms in total. The van der Waals surface area contributed by atoms with Gasteiger partial charge in [0.1, 0.15) is 0 Å². The molecule has 0 spiro atoms. The van der Waals surface area contributed by atoms with Gasteiger partial charge < -0.3 is 7.43 Å². The van der Waals surface area contributed by atoms with Gasteiger partial charge in [0.05, 0.1) is 22.8 Å². The fourth-order valence-corrected chi connectivity index (χ4v) is 2.46. The van der Waals surface area contributed by atoms with Crippen LogP contribution in [0.5, 0.6) is 0 Å². The van der Waals surface area contributed by atoms with Crippen LogP contribution in [-0.4, -0.2) is 11.4 Å². The van der Waals surface area contributed by atoms with Gasteiger partial charge in [-0.15, -0.1) is 0 Å². The second-order valence-corrected chi connectivity index (χ2v) is 5.88. The molecule has 0 aliphatic carbocycles. The quantitative estimate of drug-likeness (QED) is 0.273. The molecule has 0 aromatic heterocycles. The number of para-hydroxylation sites is 2. The number of hydrogen-bond acceptors (Lipinski definition) is 2. The van der Waals surface area contributed by atoms with Crippen molar-refractivity contribution in [3.8, 4) is 0 Å². The summed E-state index contributed by atoms with van der Waals surface area (Å²) in [5, 5.41) is 0. The Morgan fingerprint density at radius 2 is 0.920 bits per heavy atom. The molecular formula is C21H27BrN2Ni-. The van der Waals surface area contributed by atoms with Crippen LogP contribution in [0.25, 0.3) is 0 Å². The maximum atomic E-state index is 4.80. The van der Waals surface area contributed by atoms with Crippen LogP contribution in [0.2, 0.25) is 0 Å². The zero-order valence-corrected chi connectivity index (χ0v) is 18.6. The Morgan fingerprint density at radius 1 is 0.680 bits per heavy atom. The van der Waals surface area contributed by atoms with Gasteiger partial charge in [0.15, 0.2) is 0 Å². The summed E-state index contributed by atoms with van der Waals surface area (Å²) in [6.07, 6.45) is 0. The third kappa shape index (κ3) is 6.53. The molecule has 0 fully saturated rings. The zero-order valence-electron chi connectivity index (χ0n) is 16.1. The number of halogens is 1. The van der Waals surface area contributed by atoms with Crippen molar-refractivity contribution in [2.75, 3.05) is 0 Å². The van der Waals surface area contributed by atoms with Crippen molar-refractivity contribution in [2.24, 2.45) is 9.98 Å². The minimum absolute atomic E-state index is 0. The van der Waals surface area contributed by atoms with E-state index >= 15 is 0 Å². The molecular weight excluding hydrogens is 419 g/mol. The van der Waals surface area contributed by atoms with E-state index < -0.39 is 0 Å². The third-order valence-electron chi connectivity index (χ3n) is 3.96. The Hall–Kier alpha value is -1.25. The number of aliphatic imine (C=N–C) groups is 2. The normalized spacial score (nSPS) is 11.4. The van der Waals surface area contributed by atoms with Crippen molar-refractivity contribution in [3.05, 3.63) is 66.1 Å². The van der Waals surface area contributed by atoms with Crippen LogP contribution in [0.15, 0.2) is 46.4 Å². The number of aryl methyl sites for hydroxylation is 4. The van der Waals surface area contributed by atoms with Crippen LogP contribution in [0.1, 0.15) is 36.1 Å². The van der Waals surface area contributed by atoms with E-state index in [1.807, 2.05) is 13.8 Å². The van der Waals surface area contributed by atoms with Crippen LogP contribution in [0.4, 0.5) is 11.4 Å². The van der Waals surface area contributed by atoms with Crippen molar-refractivity contribution >= 4 is 37.0 Å². The van der Waals surface area contributed by atoms with Gasteiger partial charge in [-0.1, -0.05) is 36.4 Å². The zero-order chi connectivity index (χ0) is 18.3. The molecule has 2 aromatic carbocycles. The molecule has 2 aromatic rings. The van der Waals surface area contributed by atoms with Crippen molar-refractivity contribution in [1.82, 2.24) is 0 Å². The molecule has 0 unspecified atom stereocenters. The summed E-state index contributed by atoms with van der Waals surface area (Å²) in [5.41, 5.74) is 8.80. The van der Waals surface area contributed by atoms with E-state index in [0.29, 0.717) is 0 Å². The van der Waals surface area contributed by atoms with E-state index in [1.165, 1.54) is 22.3 Å². The van der Waals surface area contributed by atoms with Crippen LogP contribution in [0.3, 0.4) is 0 Å². The summed E-state index contributed by atoms with van der Waals surface area (Å²) < 4.78 is 0. The first-order valence-electron chi connectivity index (χ1n) is 7.75. The fourth-order valence-electron chi connectivity index (χ4n) is 2.46. The minimum atomic E-state index is 0. The molecule has 0 heterocycles. The molecule has 0 atom stereocenters. The van der Waals surface area contributed by atoms with E-state index in [0.717, 1.165) is 22.8 Å². The second kappa shape index (κ2) is 11.4. The molecule has 0 saturated carbocycles. The van der Waals surface area contributed by atoms with E-state index in [-0.39, 0.29) is 7.43 Å². The number of nitrogens with zero attached hydrogens (tertiary/aromatic N) is 2. The molecule has 4 heteroatoms. The summed E-state index contributed by atoms with van der Waals surface area (Å²) in [4.78, 5) is 9.60.